The first-order chi connectivity index (χ1) is 15.9. The number of rotatable bonds is 9. The molecule has 0 atom stereocenters. The molecule has 2 fully saturated rings. The van der Waals surface area contributed by atoms with Crippen LogP contribution in [0.5, 0.6) is 0 Å². The van der Waals surface area contributed by atoms with Crippen molar-refractivity contribution >= 4 is 32.5 Å². The van der Waals surface area contributed by atoms with E-state index in [1.54, 1.807) is 4.31 Å². The second-order valence-electron chi connectivity index (χ2n) is 9.15. The average Bonchev–Trinajstić information content (AvgIpc) is 3.34. The molecule has 1 aliphatic carbocycles. The fourth-order valence-corrected chi connectivity index (χ4v) is 7.25. The zero-order valence-corrected chi connectivity index (χ0v) is 21.0. The number of hydrogen-bond acceptors (Lipinski definition) is 7. The van der Waals surface area contributed by atoms with Crippen molar-refractivity contribution in [3.63, 3.8) is 0 Å². The Balaban J connectivity index is 1.44. The minimum absolute atomic E-state index is 0.244. The summed E-state index contributed by atoms with van der Waals surface area (Å²) in [6.07, 6.45) is 6.46. The van der Waals surface area contributed by atoms with Crippen LogP contribution in [-0.2, 0) is 20.2 Å². The smallest absolute Gasteiger partial charge is 0.214 e. The molecule has 0 unspecified atom stereocenters. The molecule has 33 heavy (non-hydrogen) atoms. The van der Waals surface area contributed by atoms with E-state index >= 15 is 0 Å². The molecule has 0 bridgehead atoms. The summed E-state index contributed by atoms with van der Waals surface area (Å²) in [5.41, 5.74) is 0.842. The van der Waals surface area contributed by atoms with Gasteiger partial charge in [-0.3, -0.25) is 4.79 Å². The molecule has 4 rings (SSSR count). The average molecular weight is 491 g/mol. The van der Waals surface area contributed by atoms with Gasteiger partial charge in [-0.2, -0.15) is 8.68 Å². The van der Waals surface area contributed by atoms with Gasteiger partial charge in [-0.05, 0) is 24.8 Å². The predicted molar refractivity (Wildman–Crippen MR) is 132 cm³/mol. The minimum atomic E-state index is -3.19. The lowest BCUT2D eigenvalue weighted by molar-refractivity contribution is -0.121. The summed E-state index contributed by atoms with van der Waals surface area (Å²) < 4.78 is 31.8. The molecule has 0 amide bonds. The number of carbonyl (C=O) groups excluding carboxylic acids is 1. The highest BCUT2D eigenvalue weighted by atomic mass is 32.2. The van der Waals surface area contributed by atoms with E-state index in [0.29, 0.717) is 44.8 Å². The highest BCUT2D eigenvalue weighted by molar-refractivity contribution is 7.89. The van der Waals surface area contributed by atoms with Crippen molar-refractivity contribution in [3.8, 4) is 0 Å². The molecule has 1 aromatic heterocycles. The lowest BCUT2D eigenvalue weighted by Gasteiger charge is -2.35. The Morgan fingerprint density at radius 2 is 1.70 bits per heavy atom. The van der Waals surface area contributed by atoms with E-state index in [9.17, 15) is 13.2 Å². The van der Waals surface area contributed by atoms with Crippen molar-refractivity contribution in [2.24, 2.45) is 0 Å². The highest BCUT2D eigenvalue weighted by Gasteiger charge is 2.41. The molecule has 0 radical (unpaired) electrons. The van der Waals surface area contributed by atoms with Crippen LogP contribution >= 0.6 is 11.5 Å². The molecular weight excluding hydrogens is 456 g/mol. The second kappa shape index (κ2) is 10.6. The van der Waals surface area contributed by atoms with Gasteiger partial charge in [0.15, 0.2) is 5.82 Å². The maximum atomic E-state index is 12.7. The Bertz CT molecular complexity index is 1020. The number of sulfonamides is 1. The first-order valence-corrected chi connectivity index (χ1v) is 14.5. The lowest BCUT2D eigenvalue weighted by atomic mass is 9.68. The molecular formula is C24H34N4O3S2. The fourth-order valence-electron chi connectivity index (χ4n) is 4.89. The van der Waals surface area contributed by atoms with Crippen LogP contribution in [0.25, 0.3) is 0 Å². The molecule has 1 saturated carbocycles. The van der Waals surface area contributed by atoms with Gasteiger partial charge >= 0.3 is 0 Å². The van der Waals surface area contributed by atoms with Gasteiger partial charge in [-0.1, -0.05) is 56.5 Å². The lowest BCUT2D eigenvalue weighted by Crippen LogP contribution is -2.49. The first kappa shape index (κ1) is 24.3. The number of Topliss-reactive ketones (excluding diaryl/α,β-unsaturated/α-hetero) is 1. The fraction of sp³-hybridized carbons (Fsp3) is 0.625. The zero-order valence-electron chi connectivity index (χ0n) is 19.4. The van der Waals surface area contributed by atoms with Crippen LogP contribution in [0.3, 0.4) is 0 Å². The zero-order chi connectivity index (χ0) is 23.3. The van der Waals surface area contributed by atoms with Crippen molar-refractivity contribution in [2.45, 2.75) is 63.7 Å². The number of anilines is 1. The maximum absolute atomic E-state index is 12.7. The topological polar surface area (TPSA) is 83.5 Å². The van der Waals surface area contributed by atoms with E-state index < -0.39 is 10.0 Å². The summed E-state index contributed by atoms with van der Waals surface area (Å²) >= 11 is 1.38. The van der Waals surface area contributed by atoms with Crippen LogP contribution in [0, 0.1) is 0 Å². The molecule has 7 nitrogen and oxygen atoms in total. The Labute approximate surface area is 201 Å². The van der Waals surface area contributed by atoms with E-state index in [1.807, 2.05) is 18.2 Å². The number of piperazine rings is 1. The van der Waals surface area contributed by atoms with Gasteiger partial charge in [-0.15, -0.1) is 0 Å². The van der Waals surface area contributed by atoms with Gasteiger partial charge in [0.05, 0.1) is 11.2 Å². The van der Waals surface area contributed by atoms with Crippen LogP contribution in [0.2, 0.25) is 0 Å². The summed E-state index contributed by atoms with van der Waals surface area (Å²) in [7, 11) is -3.19. The van der Waals surface area contributed by atoms with Gasteiger partial charge < -0.3 is 4.90 Å². The van der Waals surface area contributed by atoms with E-state index in [4.69, 9.17) is 9.36 Å². The minimum Gasteiger partial charge on any atom is -0.344 e. The summed E-state index contributed by atoms with van der Waals surface area (Å²) in [6.45, 7) is 4.36. The van der Waals surface area contributed by atoms with Crippen LogP contribution in [0.15, 0.2) is 30.3 Å². The van der Waals surface area contributed by atoms with E-state index in [-0.39, 0.29) is 11.2 Å². The summed E-state index contributed by atoms with van der Waals surface area (Å²) in [5.74, 6) is 1.35. The van der Waals surface area contributed by atoms with Gasteiger partial charge in [0.25, 0.3) is 0 Å². The molecule has 0 N–H and O–H groups in total. The molecule has 9 heteroatoms. The molecule has 180 valence electrons. The van der Waals surface area contributed by atoms with Crippen molar-refractivity contribution in [1.82, 2.24) is 13.7 Å². The number of hydrogen-bond donors (Lipinski definition) is 0. The Hall–Kier alpha value is -1.84. The number of ketones is 1. The van der Waals surface area contributed by atoms with Gasteiger partial charge in [0.2, 0.25) is 15.2 Å². The van der Waals surface area contributed by atoms with E-state index in [1.165, 1.54) is 17.1 Å². The normalized spacial score (nSPS) is 19.7. The summed E-state index contributed by atoms with van der Waals surface area (Å²) in [5, 5.41) is 0.845. The van der Waals surface area contributed by atoms with Crippen LogP contribution in [0.4, 0.5) is 5.13 Å². The number of benzene rings is 1. The second-order valence-corrected chi connectivity index (χ2v) is 12.0. The third kappa shape index (κ3) is 5.46. The molecule has 2 aliphatic rings. The number of nitrogens with zero attached hydrogens (tertiary/aromatic N) is 4. The predicted octanol–water partition coefficient (Wildman–Crippen LogP) is 4.00. The molecule has 2 aromatic rings. The largest absolute Gasteiger partial charge is 0.344 e. The third-order valence-electron chi connectivity index (χ3n) is 6.99. The molecule has 1 aromatic carbocycles. The van der Waals surface area contributed by atoms with Crippen LogP contribution in [0.1, 0.15) is 69.7 Å². The Morgan fingerprint density at radius 1 is 1.00 bits per heavy atom. The van der Waals surface area contributed by atoms with Crippen LogP contribution < -0.4 is 4.90 Å². The van der Waals surface area contributed by atoms with Gasteiger partial charge in [0, 0.05) is 50.6 Å². The number of unbranched alkanes of at least 4 members (excludes halogenated alkanes) is 3. The highest BCUT2D eigenvalue weighted by Crippen LogP contribution is 2.43. The molecule has 0 spiro atoms. The maximum Gasteiger partial charge on any atom is 0.214 e. The van der Waals surface area contributed by atoms with Crippen molar-refractivity contribution in [1.29, 1.82) is 0 Å². The number of aromatic nitrogens is 2. The van der Waals surface area contributed by atoms with E-state index in [0.717, 1.165) is 49.5 Å². The quantitative estimate of drug-likeness (QED) is 0.494. The summed E-state index contributed by atoms with van der Waals surface area (Å²) in [4.78, 5) is 19.1. The Kier molecular flexibility index (Phi) is 7.81. The monoisotopic (exact) mass is 490 g/mol. The number of carbonyl (C=O) groups is 1. The van der Waals surface area contributed by atoms with Crippen molar-refractivity contribution < 1.29 is 13.2 Å². The standard InChI is InChI=1S/C24H34N4O3S2/c1-2-3-4-8-19-33(30,31)28-17-15-27(16-18-28)23-25-22(26-32-23)24(13-11-21(29)12-14-24)20-9-6-5-7-10-20/h5-7,9-10H,2-4,8,11-19H2,1H3. The molecule has 2 heterocycles. The summed E-state index contributed by atoms with van der Waals surface area (Å²) in [6, 6.07) is 10.3. The van der Waals surface area contributed by atoms with Gasteiger partial charge in [0.1, 0.15) is 5.78 Å². The first-order valence-electron chi connectivity index (χ1n) is 12.1. The van der Waals surface area contributed by atoms with Gasteiger partial charge in [-0.25, -0.2) is 13.4 Å². The van der Waals surface area contributed by atoms with Crippen LogP contribution in [-0.4, -0.2) is 59.8 Å². The van der Waals surface area contributed by atoms with Crippen molar-refractivity contribution in [3.05, 3.63) is 41.7 Å². The van der Waals surface area contributed by atoms with Crippen molar-refractivity contribution in [2.75, 3.05) is 36.8 Å². The SMILES string of the molecule is CCCCCCS(=O)(=O)N1CCN(c2nc(C3(c4ccccc4)CCC(=O)CC3)ns2)CC1. The van der Waals surface area contributed by atoms with E-state index in [2.05, 4.69) is 24.0 Å². The molecule has 1 saturated heterocycles. The Morgan fingerprint density at radius 3 is 2.36 bits per heavy atom. The third-order valence-corrected chi connectivity index (χ3v) is 9.72. The molecule has 1 aliphatic heterocycles.